The van der Waals surface area contributed by atoms with Gasteiger partial charge >= 0.3 is 5.51 Å². The highest BCUT2D eigenvalue weighted by Crippen LogP contribution is 2.47. The van der Waals surface area contributed by atoms with Crippen LogP contribution in [-0.4, -0.2) is 16.6 Å². The third kappa shape index (κ3) is 3.34. The zero-order valence-corrected chi connectivity index (χ0v) is 13.9. The summed E-state index contributed by atoms with van der Waals surface area (Å²) in [6, 6.07) is 4.99. The predicted molar refractivity (Wildman–Crippen MR) is 79.6 cm³/mol. The van der Waals surface area contributed by atoms with E-state index in [-0.39, 0.29) is 32.6 Å². The van der Waals surface area contributed by atoms with Crippen LogP contribution in [0.4, 0.5) is 13.2 Å². The van der Waals surface area contributed by atoms with Gasteiger partial charge in [0.1, 0.15) is 0 Å². The van der Waals surface area contributed by atoms with Crippen molar-refractivity contribution in [2.45, 2.75) is 10.4 Å². The van der Waals surface area contributed by atoms with Gasteiger partial charge in [0.05, 0.1) is 14.9 Å². The van der Waals surface area contributed by atoms with E-state index < -0.39 is 5.51 Å². The van der Waals surface area contributed by atoms with Crippen LogP contribution in [0, 0.1) is 0 Å². The van der Waals surface area contributed by atoms with Crippen molar-refractivity contribution in [2.24, 2.45) is 0 Å². The Hall–Kier alpha value is -0.0500. The summed E-state index contributed by atoms with van der Waals surface area (Å²) >= 11 is 7.13. The van der Waals surface area contributed by atoms with Gasteiger partial charge in [-0.05, 0) is 33.8 Å². The first-order valence-corrected chi connectivity index (χ1v) is 8.44. The molecule has 0 bridgehead atoms. The molecule has 2 rings (SSSR count). The van der Waals surface area contributed by atoms with Crippen molar-refractivity contribution in [1.29, 1.82) is 0 Å². The van der Waals surface area contributed by atoms with Crippen molar-refractivity contribution < 1.29 is 18.0 Å². The standard InChI is InChI=1S/C11H5Br2F3OS2/c12-4-7(17)10-9(19-11(14,15)16)5-2-1-3-6(13)8(5)18-10/h1-3H,4H2. The molecule has 0 fully saturated rings. The SMILES string of the molecule is O=C(CBr)c1sc2c(Br)cccc2c1SC(F)(F)F. The van der Waals surface area contributed by atoms with Gasteiger partial charge in [-0.2, -0.15) is 13.2 Å². The summed E-state index contributed by atoms with van der Waals surface area (Å²) < 4.78 is 39.2. The van der Waals surface area contributed by atoms with E-state index in [1.807, 2.05) is 0 Å². The molecule has 102 valence electrons. The van der Waals surface area contributed by atoms with Crippen LogP contribution in [0.5, 0.6) is 0 Å². The normalized spacial score (nSPS) is 12.1. The fourth-order valence-corrected chi connectivity index (χ4v) is 4.67. The van der Waals surface area contributed by atoms with E-state index in [0.29, 0.717) is 14.6 Å². The molecule has 0 aliphatic rings. The molecule has 0 saturated carbocycles. The average Bonchev–Trinajstić information content (AvgIpc) is 2.67. The second-order valence-corrected chi connectivity index (χ2v) is 6.99. The van der Waals surface area contributed by atoms with Gasteiger partial charge in [0, 0.05) is 14.8 Å². The minimum absolute atomic E-state index is 0.00284. The third-order valence-corrected chi connectivity index (χ3v) is 5.92. The van der Waals surface area contributed by atoms with Gasteiger partial charge in [0.2, 0.25) is 0 Å². The number of hydrogen-bond donors (Lipinski definition) is 0. The van der Waals surface area contributed by atoms with E-state index in [1.165, 1.54) is 0 Å². The molecule has 0 aliphatic heterocycles. The Bertz CT molecular complexity index is 637. The van der Waals surface area contributed by atoms with Gasteiger partial charge in [0.25, 0.3) is 0 Å². The van der Waals surface area contributed by atoms with Gasteiger partial charge in [-0.3, -0.25) is 4.79 Å². The van der Waals surface area contributed by atoms with Crippen molar-refractivity contribution >= 4 is 70.8 Å². The lowest BCUT2D eigenvalue weighted by Gasteiger charge is -2.06. The maximum Gasteiger partial charge on any atom is 0.446 e. The van der Waals surface area contributed by atoms with E-state index in [4.69, 9.17) is 0 Å². The van der Waals surface area contributed by atoms with Crippen LogP contribution in [0.25, 0.3) is 10.1 Å². The lowest BCUT2D eigenvalue weighted by Crippen LogP contribution is -2.03. The Balaban J connectivity index is 2.69. The minimum Gasteiger partial charge on any atom is -0.292 e. The molecule has 0 saturated heterocycles. The Labute approximate surface area is 131 Å². The number of fused-ring (bicyclic) bond motifs is 1. The lowest BCUT2D eigenvalue weighted by molar-refractivity contribution is -0.0327. The number of ketones is 1. The summed E-state index contributed by atoms with van der Waals surface area (Å²) in [6.07, 6.45) is 0. The topological polar surface area (TPSA) is 17.1 Å². The van der Waals surface area contributed by atoms with Crippen molar-refractivity contribution in [2.75, 3.05) is 5.33 Å². The number of rotatable bonds is 3. The Morgan fingerprint density at radius 2 is 2.05 bits per heavy atom. The van der Waals surface area contributed by atoms with Crippen molar-refractivity contribution in [3.05, 3.63) is 27.5 Å². The maximum atomic E-state index is 12.6. The molecule has 1 nitrogen and oxygen atoms in total. The summed E-state index contributed by atoms with van der Waals surface area (Å²) in [5.41, 5.74) is -4.42. The molecule has 2 aromatic rings. The van der Waals surface area contributed by atoms with Crippen molar-refractivity contribution in [1.82, 2.24) is 0 Å². The number of halogens is 5. The molecule has 19 heavy (non-hydrogen) atoms. The monoisotopic (exact) mass is 432 g/mol. The van der Waals surface area contributed by atoms with Crippen molar-refractivity contribution in [3.8, 4) is 0 Å². The number of carbonyl (C=O) groups is 1. The molecule has 1 heterocycles. The van der Waals surface area contributed by atoms with Crippen LogP contribution in [-0.2, 0) is 0 Å². The molecule has 0 unspecified atom stereocenters. The summed E-state index contributed by atoms with van der Waals surface area (Å²) in [4.78, 5) is 11.9. The molecule has 0 aliphatic carbocycles. The number of alkyl halides is 4. The molecule has 0 atom stereocenters. The fraction of sp³-hybridized carbons (Fsp3) is 0.182. The quantitative estimate of drug-likeness (QED) is 0.343. The van der Waals surface area contributed by atoms with Gasteiger partial charge in [0.15, 0.2) is 5.78 Å². The van der Waals surface area contributed by atoms with Crippen LogP contribution in [0.2, 0.25) is 0 Å². The molecule has 1 aromatic carbocycles. The largest absolute Gasteiger partial charge is 0.446 e. The highest BCUT2D eigenvalue weighted by atomic mass is 79.9. The fourth-order valence-electron chi connectivity index (χ4n) is 1.52. The summed E-state index contributed by atoms with van der Waals surface area (Å²) in [7, 11) is 0. The number of thiophene rings is 1. The van der Waals surface area contributed by atoms with Gasteiger partial charge < -0.3 is 0 Å². The summed E-state index contributed by atoms with van der Waals surface area (Å²) in [5.74, 6) is -0.347. The number of thioether (sulfide) groups is 1. The molecule has 0 radical (unpaired) electrons. The zero-order valence-electron chi connectivity index (χ0n) is 9.05. The third-order valence-electron chi connectivity index (χ3n) is 2.21. The van der Waals surface area contributed by atoms with Crippen LogP contribution < -0.4 is 0 Å². The van der Waals surface area contributed by atoms with Gasteiger partial charge in [-0.15, -0.1) is 11.3 Å². The minimum atomic E-state index is -4.42. The number of carbonyl (C=O) groups excluding carboxylic acids is 1. The van der Waals surface area contributed by atoms with Gasteiger partial charge in [-0.25, -0.2) is 0 Å². The first-order valence-electron chi connectivity index (χ1n) is 4.89. The molecular weight excluding hydrogens is 429 g/mol. The zero-order chi connectivity index (χ0) is 14.2. The van der Waals surface area contributed by atoms with E-state index in [0.717, 1.165) is 11.3 Å². The predicted octanol–water partition coefficient (Wildman–Crippen LogP) is 5.85. The highest BCUT2D eigenvalue weighted by Gasteiger charge is 2.33. The second-order valence-electron chi connectivity index (χ2n) is 3.48. The lowest BCUT2D eigenvalue weighted by atomic mass is 10.2. The van der Waals surface area contributed by atoms with Crippen LogP contribution in [0.1, 0.15) is 9.67 Å². The number of Topliss-reactive ketones (excluding diaryl/α,β-unsaturated/α-hetero) is 1. The molecule has 0 spiro atoms. The highest BCUT2D eigenvalue weighted by molar-refractivity contribution is 9.10. The molecule has 1 aromatic heterocycles. The first kappa shape index (κ1) is 15.3. The summed E-state index contributed by atoms with van der Waals surface area (Å²) in [6.45, 7) is 0. The van der Waals surface area contributed by atoms with Crippen LogP contribution >= 0.6 is 55.0 Å². The van der Waals surface area contributed by atoms with E-state index in [9.17, 15) is 18.0 Å². The molecular formula is C11H5Br2F3OS2. The molecule has 8 heteroatoms. The second kappa shape index (κ2) is 5.75. The molecule has 0 amide bonds. The average molecular weight is 434 g/mol. The number of benzene rings is 1. The van der Waals surface area contributed by atoms with E-state index in [2.05, 4.69) is 31.9 Å². The Morgan fingerprint density at radius 1 is 1.37 bits per heavy atom. The van der Waals surface area contributed by atoms with Gasteiger partial charge in [-0.1, -0.05) is 28.1 Å². The first-order chi connectivity index (χ1) is 8.83. The molecule has 0 N–H and O–H groups in total. The Kier molecular flexibility index (Phi) is 4.64. The summed E-state index contributed by atoms with van der Waals surface area (Å²) in [5, 5.41) is 0.453. The van der Waals surface area contributed by atoms with E-state index >= 15 is 0 Å². The smallest absolute Gasteiger partial charge is 0.292 e. The Morgan fingerprint density at radius 3 is 2.63 bits per heavy atom. The van der Waals surface area contributed by atoms with Crippen molar-refractivity contribution in [3.63, 3.8) is 0 Å². The van der Waals surface area contributed by atoms with Crippen LogP contribution in [0.3, 0.4) is 0 Å². The maximum absolute atomic E-state index is 12.6. The van der Waals surface area contributed by atoms with E-state index in [1.54, 1.807) is 18.2 Å². The van der Waals surface area contributed by atoms with Crippen LogP contribution in [0.15, 0.2) is 27.6 Å². The number of hydrogen-bond acceptors (Lipinski definition) is 3.